The Balaban J connectivity index is 2.09. The molecular formula is C26H22N2O. The van der Waals surface area contributed by atoms with Crippen molar-refractivity contribution < 1.29 is 4.79 Å². The summed E-state index contributed by atoms with van der Waals surface area (Å²) < 4.78 is 1.74. The number of aromatic nitrogens is 1. The first-order valence-corrected chi connectivity index (χ1v) is 9.55. The van der Waals surface area contributed by atoms with Gasteiger partial charge in [-0.05, 0) is 42.2 Å². The Morgan fingerprint density at radius 2 is 1.52 bits per heavy atom. The van der Waals surface area contributed by atoms with Gasteiger partial charge >= 0.3 is 6.03 Å². The molecule has 0 unspecified atom stereocenters. The molecule has 0 radical (unpaired) electrons. The van der Waals surface area contributed by atoms with E-state index in [1.165, 1.54) is 0 Å². The summed E-state index contributed by atoms with van der Waals surface area (Å²) in [6.45, 7) is 2.04. The zero-order valence-electron chi connectivity index (χ0n) is 16.8. The van der Waals surface area contributed by atoms with Crippen molar-refractivity contribution in [3.63, 3.8) is 0 Å². The minimum Gasteiger partial charge on any atom is -0.330 e. The summed E-state index contributed by atoms with van der Waals surface area (Å²) in [5, 5.41) is 1.02. The molecule has 1 aromatic heterocycles. The topological polar surface area (TPSA) is 25.2 Å². The Morgan fingerprint density at radius 3 is 2.17 bits per heavy atom. The molecule has 0 N–H and O–H groups in total. The van der Waals surface area contributed by atoms with E-state index in [4.69, 9.17) is 0 Å². The molecule has 3 nitrogen and oxygen atoms in total. The highest BCUT2D eigenvalue weighted by molar-refractivity contribution is 6.05. The molecule has 29 heavy (non-hydrogen) atoms. The second-order valence-electron chi connectivity index (χ2n) is 7.24. The van der Waals surface area contributed by atoms with Crippen LogP contribution in [-0.4, -0.2) is 29.6 Å². The number of aryl methyl sites for hydroxylation is 1. The molecule has 0 aliphatic carbocycles. The first-order chi connectivity index (χ1) is 14.1. The smallest absolute Gasteiger partial charge is 0.329 e. The summed E-state index contributed by atoms with van der Waals surface area (Å²) in [6, 6.07) is 26.1. The average molecular weight is 378 g/mol. The molecule has 0 aliphatic rings. The number of nitrogens with zero attached hydrogens (tertiary/aromatic N) is 2. The third kappa shape index (κ3) is 3.53. The van der Waals surface area contributed by atoms with Crippen LogP contribution < -0.4 is 0 Å². The molecule has 0 saturated carbocycles. The minimum absolute atomic E-state index is 0.111. The third-order valence-corrected chi connectivity index (χ3v) is 4.86. The van der Waals surface area contributed by atoms with Crippen molar-refractivity contribution >= 4 is 16.9 Å². The van der Waals surface area contributed by atoms with Crippen molar-refractivity contribution in [3.8, 4) is 23.0 Å². The molecule has 142 valence electrons. The van der Waals surface area contributed by atoms with Gasteiger partial charge in [-0.2, -0.15) is 0 Å². The number of hydrogen-bond acceptors (Lipinski definition) is 1. The average Bonchev–Trinajstić information content (AvgIpc) is 3.06. The van der Waals surface area contributed by atoms with Gasteiger partial charge in [0, 0.05) is 30.6 Å². The van der Waals surface area contributed by atoms with E-state index in [1.54, 1.807) is 23.6 Å². The molecule has 3 aromatic carbocycles. The van der Waals surface area contributed by atoms with Crippen molar-refractivity contribution in [1.29, 1.82) is 0 Å². The SMILES string of the molecule is Cc1ccc2c(-c3ccccc3)c(C#Cc3ccccc3)n(C(=O)N(C)C)c2c1. The predicted octanol–water partition coefficient (Wildman–Crippen LogP) is 5.55. The molecule has 0 aliphatic heterocycles. The molecule has 1 amide bonds. The van der Waals surface area contributed by atoms with Crippen LogP contribution in [0.5, 0.6) is 0 Å². The maximum absolute atomic E-state index is 13.2. The summed E-state index contributed by atoms with van der Waals surface area (Å²) >= 11 is 0. The molecule has 1 heterocycles. The fourth-order valence-corrected chi connectivity index (χ4v) is 3.46. The van der Waals surface area contributed by atoms with Crippen LogP contribution in [0.4, 0.5) is 4.79 Å². The van der Waals surface area contributed by atoms with Gasteiger partial charge in [0.15, 0.2) is 0 Å². The lowest BCUT2D eigenvalue weighted by molar-refractivity contribution is 0.220. The number of amides is 1. The fourth-order valence-electron chi connectivity index (χ4n) is 3.46. The van der Waals surface area contributed by atoms with Gasteiger partial charge < -0.3 is 4.90 Å². The second kappa shape index (κ2) is 7.69. The second-order valence-corrected chi connectivity index (χ2v) is 7.24. The van der Waals surface area contributed by atoms with Gasteiger partial charge in [0.2, 0.25) is 0 Å². The summed E-state index contributed by atoms with van der Waals surface area (Å²) in [6.07, 6.45) is 0. The van der Waals surface area contributed by atoms with Gasteiger partial charge in [-0.3, -0.25) is 4.57 Å². The highest BCUT2D eigenvalue weighted by atomic mass is 16.2. The van der Waals surface area contributed by atoms with Crippen LogP contribution in [0.3, 0.4) is 0 Å². The van der Waals surface area contributed by atoms with Gasteiger partial charge in [0.05, 0.1) is 5.52 Å². The molecule has 0 fully saturated rings. The Hall–Kier alpha value is -3.77. The fraction of sp³-hybridized carbons (Fsp3) is 0.115. The zero-order chi connectivity index (χ0) is 20.4. The first kappa shape index (κ1) is 18.6. The van der Waals surface area contributed by atoms with Gasteiger partial charge in [-0.1, -0.05) is 66.6 Å². The maximum atomic E-state index is 13.2. The van der Waals surface area contributed by atoms with Crippen LogP contribution >= 0.6 is 0 Å². The number of carbonyl (C=O) groups is 1. The van der Waals surface area contributed by atoms with E-state index in [0.29, 0.717) is 5.69 Å². The minimum atomic E-state index is -0.111. The Kier molecular flexibility index (Phi) is 4.93. The lowest BCUT2D eigenvalue weighted by Gasteiger charge is -2.13. The van der Waals surface area contributed by atoms with E-state index in [-0.39, 0.29) is 6.03 Å². The Bertz CT molecular complexity index is 1240. The van der Waals surface area contributed by atoms with E-state index in [2.05, 4.69) is 42.2 Å². The van der Waals surface area contributed by atoms with Crippen molar-refractivity contribution in [1.82, 2.24) is 9.47 Å². The summed E-state index contributed by atoms with van der Waals surface area (Å²) in [5.41, 5.74) is 5.63. The summed E-state index contributed by atoms with van der Waals surface area (Å²) in [4.78, 5) is 14.8. The number of fused-ring (bicyclic) bond motifs is 1. The lowest BCUT2D eigenvalue weighted by Crippen LogP contribution is -2.28. The highest BCUT2D eigenvalue weighted by Gasteiger charge is 2.22. The predicted molar refractivity (Wildman–Crippen MR) is 119 cm³/mol. The quantitative estimate of drug-likeness (QED) is 0.399. The highest BCUT2D eigenvalue weighted by Crippen LogP contribution is 2.35. The van der Waals surface area contributed by atoms with Gasteiger partial charge in [0.1, 0.15) is 5.69 Å². The lowest BCUT2D eigenvalue weighted by atomic mass is 10.0. The molecule has 0 atom stereocenters. The monoisotopic (exact) mass is 378 g/mol. The van der Waals surface area contributed by atoms with Crippen molar-refractivity contribution in [2.24, 2.45) is 0 Å². The molecule has 3 heteroatoms. The van der Waals surface area contributed by atoms with Crippen LogP contribution in [0.25, 0.3) is 22.0 Å². The molecule has 4 aromatic rings. The number of benzene rings is 3. The summed E-state index contributed by atoms with van der Waals surface area (Å²) in [5.74, 6) is 6.55. The van der Waals surface area contributed by atoms with Crippen molar-refractivity contribution in [3.05, 3.63) is 95.7 Å². The molecule has 0 spiro atoms. The largest absolute Gasteiger partial charge is 0.330 e. The molecule has 0 bridgehead atoms. The molecule has 4 rings (SSSR count). The molecule has 0 saturated heterocycles. The Morgan fingerprint density at radius 1 is 0.862 bits per heavy atom. The van der Waals surface area contributed by atoms with Gasteiger partial charge in [-0.15, -0.1) is 0 Å². The van der Waals surface area contributed by atoms with Crippen LogP contribution in [0.1, 0.15) is 16.8 Å². The van der Waals surface area contributed by atoms with E-state index in [9.17, 15) is 4.79 Å². The van der Waals surface area contributed by atoms with Crippen molar-refractivity contribution in [2.45, 2.75) is 6.92 Å². The van der Waals surface area contributed by atoms with E-state index in [0.717, 1.165) is 33.2 Å². The van der Waals surface area contributed by atoms with E-state index < -0.39 is 0 Å². The zero-order valence-corrected chi connectivity index (χ0v) is 16.8. The summed E-state index contributed by atoms with van der Waals surface area (Å²) in [7, 11) is 3.53. The van der Waals surface area contributed by atoms with Crippen molar-refractivity contribution in [2.75, 3.05) is 14.1 Å². The normalized spacial score (nSPS) is 10.4. The van der Waals surface area contributed by atoms with Gasteiger partial charge in [-0.25, -0.2) is 4.79 Å². The maximum Gasteiger partial charge on any atom is 0.329 e. The number of hydrogen-bond donors (Lipinski definition) is 0. The standard InChI is InChI=1S/C26H22N2O/c1-19-14-16-22-24(18-19)28(26(29)27(2)3)23(17-15-20-10-6-4-7-11-20)25(22)21-12-8-5-9-13-21/h4-14,16,18H,1-3H3. The third-order valence-electron chi connectivity index (χ3n) is 4.86. The van der Waals surface area contributed by atoms with E-state index in [1.807, 2.05) is 55.5 Å². The number of carbonyl (C=O) groups excluding carboxylic acids is 1. The van der Waals surface area contributed by atoms with Gasteiger partial charge in [0.25, 0.3) is 0 Å². The van der Waals surface area contributed by atoms with Crippen LogP contribution in [0, 0.1) is 18.8 Å². The Labute approximate surface area is 171 Å². The van der Waals surface area contributed by atoms with Crippen LogP contribution in [0.2, 0.25) is 0 Å². The number of rotatable bonds is 1. The molecular weight excluding hydrogens is 356 g/mol. The van der Waals surface area contributed by atoms with E-state index >= 15 is 0 Å². The first-order valence-electron chi connectivity index (χ1n) is 9.55. The van der Waals surface area contributed by atoms with Crippen LogP contribution in [0.15, 0.2) is 78.9 Å². The van der Waals surface area contributed by atoms with Crippen LogP contribution in [-0.2, 0) is 0 Å².